The Balaban J connectivity index is 1.82. The number of aryl methyl sites for hydroxylation is 1. The molecule has 5 rings (SSSR count). The molecule has 120 valence electrons. The minimum absolute atomic E-state index is 0.803. The van der Waals surface area contributed by atoms with E-state index in [2.05, 4.69) is 61.5 Å². The highest BCUT2D eigenvalue weighted by molar-refractivity contribution is 6.09. The van der Waals surface area contributed by atoms with E-state index in [1.165, 1.54) is 16.7 Å². The SMILES string of the molecule is Cc1ccc(C2=Nc3c(oc4ccccc34)-c3ccccc3C2)cc1. The summed E-state index contributed by atoms with van der Waals surface area (Å²) >= 11 is 0. The normalized spacial score (nSPS) is 13.1. The third kappa shape index (κ3) is 2.30. The summed E-state index contributed by atoms with van der Waals surface area (Å²) in [4.78, 5) is 5.06. The molecule has 4 aromatic rings. The molecule has 0 saturated carbocycles. The first-order valence-electron chi connectivity index (χ1n) is 8.54. The highest BCUT2D eigenvalue weighted by atomic mass is 16.3. The van der Waals surface area contributed by atoms with Gasteiger partial charge in [0.2, 0.25) is 0 Å². The zero-order valence-electron chi connectivity index (χ0n) is 14.0. The van der Waals surface area contributed by atoms with E-state index in [4.69, 9.17) is 9.41 Å². The fourth-order valence-corrected chi connectivity index (χ4v) is 3.49. The predicted molar refractivity (Wildman–Crippen MR) is 103 cm³/mol. The van der Waals surface area contributed by atoms with E-state index in [-0.39, 0.29) is 0 Å². The van der Waals surface area contributed by atoms with Crippen LogP contribution in [0.15, 0.2) is 82.2 Å². The van der Waals surface area contributed by atoms with Gasteiger partial charge in [0.05, 0.1) is 5.71 Å². The fraction of sp³-hybridized carbons (Fsp3) is 0.0870. The van der Waals surface area contributed by atoms with Gasteiger partial charge in [-0.25, -0.2) is 4.99 Å². The minimum Gasteiger partial charge on any atom is -0.454 e. The third-order valence-electron chi connectivity index (χ3n) is 4.82. The van der Waals surface area contributed by atoms with E-state index in [0.717, 1.165) is 40.1 Å². The summed E-state index contributed by atoms with van der Waals surface area (Å²) in [6, 6.07) is 25.2. The van der Waals surface area contributed by atoms with Crippen LogP contribution in [0.3, 0.4) is 0 Å². The smallest absolute Gasteiger partial charge is 0.161 e. The fourth-order valence-electron chi connectivity index (χ4n) is 3.49. The molecule has 1 aromatic heterocycles. The van der Waals surface area contributed by atoms with E-state index < -0.39 is 0 Å². The number of rotatable bonds is 1. The molecule has 0 spiro atoms. The van der Waals surface area contributed by atoms with Gasteiger partial charge >= 0.3 is 0 Å². The number of benzene rings is 3. The molecule has 2 heterocycles. The van der Waals surface area contributed by atoms with Crippen LogP contribution in [0.25, 0.3) is 22.3 Å². The van der Waals surface area contributed by atoms with Gasteiger partial charge in [-0.3, -0.25) is 0 Å². The average molecular weight is 323 g/mol. The van der Waals surface area contributed by atoms with Crippen molar-refractivity contribution in [2.45, 2.75) is 13.3 Å². The van der Waals surface area contributed by atoms with Crippen LogP contribution in [-0.2, 0) is 6.42 Å². The van der Waals surface area contributed by atoms with Crippen LogP contribution in [-0.4, -0.2) is 5.71 Å². The Hall–Kier alpha value is -3.13. The van der Waals surface area contributed by atoms with Crippen LogP contribution in [0.5, 0.6) is 0 Å². The van der Waals surface area contributed by atoms with E-state index in [1.807, 2.05) is 18.2 Å². The van der Waals surface area contributed by atoms with Gasteiger partial charge in [0.15, 0.2) is 5.76 Å². The van der Waals surface area contributed by atoms with Gasteiger partial charge in [0.1, 0.15) is 11.3 Å². The van der Waals surface area contributed by atoms with Crippen molar-refractivity contribution < 1.29 is 4.42 Å². The van der Waals surface area contributed by atoms with Gasteiger partial charge in [0, 0.05) is 17.4 Å². The molecule has 1 aliphatic heterocycles. The first-order valence-corrected chi connectivity index (χ1v) is 8.54. The molecule has 0 saturated heterocycles. The molecule has 0 fully saturated rings. The van der Waals surface area contributed by atoms with E-state index in [0.29, 0.717) is 0 Å². The Labute approximate surface area is 146 Å². The van der Waals surface area contributed by atoms with Crippen molar-refractivity contribution in [3.05, 3.63) is 89.5 Å². The van der Waals surface area contributed by atoms with E-state index in [1.54, 1.807) is 0 Å². The second-order valence-electron chi connectivity index (χ2n) is 6.53. The summed E-state index contributed by atoms with van der Waals surface area (Å²) < 4.78 is 6.19. The quantitative estimate of drug-likeness (QED) is 0.416. The lowest BCUT2D eigenvalue weighted by Gasteiger charge is -2.07. The number of aliphatic imine (C=N–C) groups is 1. The molecule has 25 heavy (non-hydrogen) atoms. The molecule has 1 aliphatic rings. The summed E-state index contributed by atoms with van der Waals surface area (Å²) in [5, 5.41) is 1.07. The minimum atomic E-state index is 0.803. The molecular formula is C23H17NO. The number of nitrogens with zero attached hydrogens (tertiary/aromatic N) is 1. The Morgan fingerprint density at radius 2 is 1.60 bits per heavy atom. The van der Waals surface area contributed by atoms with Crippen LogP contribution >= 0.6 is 0 Å². The maximum absolute atomic E-state index is 6.19. The van der Waals surface area contributed by atoms with Crippen molar-refractivity contribution in [3.8, 4) is 11.3 Å². The second kappa shape index (κ2) is 5.45. The first-order chi connectivity index (χ1) is 12.3. The average Bonchev–Trinajstić information content (AvgIpc) is 2.92. The van der Waals surface area contributed by atoms with E-state index in [9.17, 15) is 0 Å². The van der Waals surface area contributed by atoms with Gasteiger partial charge in [-0.15, -0.1) is 0 Å². The predicted octanol–water partition coefficient (Wildman–Crippen LogP) is 6.09. The maximum Gasteiger partial charge on any atom is 0.161 e. The molecule has 2 heteroatoms. The Morgan fingerprint density at radius 1 is 0.840 bits per heavy atom. The van der Waals surface area contributed by atoms with Crippen LogP contribution in [0.4, 0.5) is 5.69 Å². The number of hydrogen-bond acceptors (Lipinski definition) is 2. The van der Waals surface area contributed by atoms with Crippen LogP contribution in [0.2, 0.25) is 0 Å². The monoisotopic (exact) mass is 323 g/mol. The number of furan rings is 1. The number of fused-ring (bicyclic) bond motifs is 5. The van der Waals surface area contributed by atoms with Gasteiger partial charge < -0.3 is 4.42 Å². The van der Waals surface area contributed by atoms with E-state index >= 15 is 0 Å². The van der Waals surface area contributed by atoms with Crippen molar-refractivity contribution >= 4 is 22.4 Å². The molecule has 0 radical (unpaired) electrons. The van der Waals surface area contributed by atoms with Crippen molar-refractivity contribution in [1.82, 2.24) is 0 Å². The highest BCUT2D eigenvalue weighted by Gasteiger charge is 2.22. The van der Waals surface area contributed by atoms with Crippen LogP contribution in [0, 0.1) is 6.92 Å². The van der Waals surface area contributed by atoms with Crippen LogP contribution in [0.1, 0.15) is 16.7 Å². The van der Waals surface area contributed by atoms with Crippen molar-refractivity contribution in [1.29, 1.82) is 0 Å². The van der Waals surface area contributed by atoms with Crippen molar-refractivity contribution in [2.75, 3.05) is 0 Å². The molecule has 0 bridgehead atoms. The molecule has 0 amide bonds. The Bertz CT molecular complexity index is 1120. The van der Waals surface area contributed by atoms with Crippen molar-refractivity contribution in [2.24, 2.45) is 4.99 Å². The second-order valence-corrected chi connectivity index (χ2v) is 6.53. The zero-order chi connectivity index (χ0) is 16.8. The summed E-state index contributed by atoms with van der Waals surface area (Å²) in [5.74, 6) is 0.874. The lowest BCUT2D eigenvalue weighted by atomic mass is 9.97. The molecule has 0 unspecified atom stereocenters. The first kappa shape index (κ1) is 14.2. The third-order valence-corrected chi connectivity index (χ3v) is 4.82. The molecule has 0 atom stereocenters. The standard InChI is InChI=1S/C23H17NO/c1-15-10-12-16(13-11-15)20-14-17-6-2-3-7-18(17)23-22(24-20)19-8-4-5-9-21(19)25-23/h2-13H,14H2,1H3. The Kier molecular flexibility index (Phi) is 3.10. The summed E-state index contributed by atoms with van der Waals surface area (Å²) in [7, 11) is 0. The highest BCUT2D eigenvalue weighted by Crippen LogP contribution is 2.43. The van der Waals surface area contributed by atoms with Crippen molar-refractivity contribution in [3.63, 3.8) is 0 Å². The zero-order valence-corrected chi connectivity index (χ0v) is 14.0. The number of para-hydroxylation sites is 1. The summed E-state index contributed by atoms with van der Waals surface area (Å²) in [5.41, 5.74) is 7.72. The Morgan fingerprint density at radius 3 is 2.48 bits per heavy atom. The molecule has 0 N–H and O–H groups in total. The van der Waals surface area contributed by atoms with Gasteiger partial charge in [-0.05, 0) is 30.2 Å². The van der Waals surface area contributed by atoms with Crippen LogP contribution < -0.4 is 0 Å². The van der Waals surface area contributed by atoms with Gasteiger partial charge in [0.25, 0.3) is 0 Å². The summed E-state index contributed by atoms with van der Waals surface area (Å²) in [6.45, 7) is 2.11. The molecule has 3 aromatic carbocycles. The summed E-state index contributed by atoms with van der Waals surface area (Å²) in [6.07, 6.45) is 0.803. The molecule has 0 aliphatic carbocycles. The molecule has 2 nitrogen and oxygen atoms in total. The van der Waals surface area contributed by atoms with Gasteiger partial charge in [-0.2, -0.15) is 0 Å². The van der Waals surface area contributed by atoms with Gasteiger partial charge in [-0.1, -0.05) is 66.2 Å². The lowest BCUT2D eigenvalue weighted by Crippen LogP contribution is -2.04. The molecular weight excluding hydrogens is 306 g/mol. The topological polar surface area (TPSA) is 25.5 Å². The maximum atomic E-state index is 6.19. The number of hydrogen-bond donors (Lipinski definition) is 0. The lowest BCUT2D eigenvalue weighted by molar-refractivity contribution is 0.632. The largest absolute Gasteiger partial charge is 0.454 e.